The Morgan fingerprint density at radius 2 is 1.71 bits per heavy atom. The van der Waals surface area contributed by atoms with Crippen molar-refractivity contribution in [2.75, 3.05) is 12.4 Å². The Bertz CT molecular complexity index is 779. The number of nitrogens with two attached hydrogens (primary N) is 1. The van der Waals surface area contributed by atoms with Gasteiger partial charge in [0.05, 0.1) is 10.9 Å². The number of benzene rings is 2. The Kier molecular flexibility index (Phi) is 4.68. The van der Waals surface area contributed by atoms with Crippen LogP contribution in [-0.2, 0) is 0 Å². The zero-order valence-electron chi connectivity index (χ0n) is 12.0. The van der Waals surface area contributed by atoms with Crippen LogP contribution in [0.4, 0.5) is 11.7 Å². The average molecular weight is 283 g/mol. The van der Waals surface area contributed by atoms with Gasteiger partial charge < -0.3 is 15.5 Å². The lowest BCUT2D eigenvalue weighted by Crippen LogP contribution is -2.04. The molecule has 0 aliphatic carbocycles. The maximum atomic E-state index is 11.8. The first-order valence-electron chi connectivity index (χ1n) is 6.54. The van der Waals surface area contributed by atoms with E-state index in [4.69, 9.17) is 4.42 Å². The fraction of sp³-hybridized carbons (Fsp3) is 0.125. The molecule has 1 aromatic heterocycles. The standard InChI is InChI=1S/C15H12N2O2.CH5N/c1-10-6-8-11(9-7-10)16-15-17-13-5-3-2-4-12(13)14(18)19-15;1-2/h2-9H,1H3,(H,16,17);2H2,1H3. The topological polar surface area (TPSA) is 81.1 Å². The van der Waals surface area contributed by atoms with Gasteiger partial charge in [-0.15, -0.1) is 0 Å². The van der Waals surface area contributed by atoms with E-state index in [1.807, 2.05) is 37.3 Å². The Balaban J connectivity index is 0.000000774. The largest absolute Gasteiger partial charge is 0.388 e. The summed E-state index contributed by atoms with van der Waals surface area (Å²) in [6.45, 7) is 2.01. The molecule has 21 heavy (non-hydrogen) atoms. The minimum absolute atomic E-state index is 0.201. The van der Waals surface area contributed by atoms with Crippen LogP contribution in [0.2, 0.25) is 0 Å². The fourth-order valence-corrected chi connectivity index (χ4v) is 1.83. The van der Waals surface area contributed by atoms with Crippen LogP contribution in [0, 0.1) is 6.92 Å². The second-order valence-corrected chi connectivity index (χ2v) is 4.31. The molecule has 0 spiro atoms. The highest BCUT2D eigenvalue weighted by Gasteiger charge is 2.05. The Hall–Kier alpha value is -2.66. The lowest BCUT2D eigenvalue weighted by atomic mass is 10.2. The van der Waals surface area contributed by atoms with E-state index in [9.17, 15) is 4.79 Å². The molecule has 3 rings (SSSR count). The third-order valence-corrected chi connectivity index (χ3v) is 2.84. The minimum atomic E-state index is -0.389. The zero-order chi connectivity index (χ0) is 15.2. The molecule has 0 aliphatic rings. The van der Waals surface area contributed by atoms with Crippen LogP contribution in [0.5, 0.6) is 0 Å². The molecule has 0 aliphatic heterocycles. The summed E-state index contributed by atoms with van der Waals surface area (Å²) in [5, 5.41) is 3.47. The van der Waals surface area contributed by atoms with Crippen LogP contribution in [0.1, 0.15) is 5.56 Å². The monoisotopic (exact) mass is 283 g/mol. The number of para-hydroxylation sites is 1. The van der Waals surface area contributed by atoms with Crippen LogP contribution in [0.15, 0.2) is 57.7 Å². The second-order valence-electron chi connectivity index (χ2n) is 4.31. The smallest absolute Gasteiger partial charge is 0.348 e. The predicted molar refractivity (Wildman–Crippen MR) is 84.9 cm³/mol. The molecule has 0 unspecified atom stereocenters. The molecule has 0 saturated heterocycles. The lowest BCUT2D eigenvalue weighted by molar-refractivity contribution is 0.522. The van der Waals surface area contributed by atoms with Gasteiger partial charge in [0.25, 0.3) is 0 Å². The van der Waals surface area contributed by atoms with Gasteiger partial charge in [0.1, 0.15) is 0 Å². The maximum absolute atomic E-state index is 11.8. The number of aryl methyl sites for hydroxylation is 1. The quantitative estimate of drug-likeness (QED) is 0.755. The minimum Gasteiger partial charge on any atom is -0.388 e. The van der Waals surface area contributed by atoms with Gasteiger partial charge in [-0.3, -0.25) is 0 Å². The van der Waals surface area contributed by atoms with Gasteiger partial charge >= 0.3 is 11.6 Å². The number of anilines is 2. The summed E-state index contributed by atoms with van der Waals surface area (Å²) in [6, 6.07) is 15.1. The van der Waals surface area contributed by atoms with E-state index >= 15 is 0 Å². The summed E-state index contributed by atoms with van der Waals surface area (Å²) in [5.41, 5.74) is 6.73. The first-order valence-corrected chi connectivity index (χ1v) is 6.54. The Morgan fingerprint density at radius 3 is 2.43 bits per heavy atom. The number of hydrogen-bond acceptors (Lipinski definition) is 5. The predicted octanol–water partition coefficient (Wildman–Crippen LogP) is 2.81. The zero-order valence-corrected chi connectivity index (χ0v) is 12.0. The van der Waals surface area contributed by atoms with Crippen molar-refractivity contribution >= 4 is 22.6 Å². The highest BCUT2D eigenvalue weighted by Crippen LogP contribution is 2.16. The van der Waals surface area contributed by atoms with Crippen molar-refractivity contribution in [3.8, 4) is 0 Å². The number of nitrogens with one attached hydrogen (secondary N) is 1. The van der Waals surface area contributed by atoms with Gasteiger partial charge in [0.2, 0.25) is 0 Å². The molecule has 1 heterocycles. The number of nitrogens with zero attached hydrogens (tertiary/aromatic N) is 1. The summed E-state index contributed by atoms with van der Waals surface area (Å²) >= 11 is 0. The molecule has 5 nitrogen and oxygen atoms in total. The van der Waals surface area contributed by atoms with Gasteiger partial charge in [0, 0.05) is 5.69 Å². The van der Waals surface area contributed by atoms with Crippen molar-refractivity contribution < 1.29 is 4.42 Å². The molecule has 5 heteroatoms. The van der Waals surface area contributed by atoms with E-state index in [1.54, 1.807) is 18.2 Å². The highest BCUT2D eigenvalue weighted by molar-refractivity contribution is 5.77. The van der Waals surface area contributed by atoms with Crippen molar-refractivity contribution in [3.63, 3.8) is 0 Å². The van der Waals surface area contributed by atoms with Gasteiger partial charge in [0.15, 0.2) is 0 Å². The summed E-state index contributed by atoms with van der Waals surface area (Å²) < 4.78 is 5.15. The molecular weight excluding hydrogens is 266 g/mol. The van der Waals surface area contributed by atoms with E-state index in [0.29, 0.717) is 10.9 Å². The van der Waals surface area contributed by atoms with E-state index in [0.717, 1.165) is 5.69 Å². The SMILES string of the molecule is CN.Cc1ccc(Nc2nc3ccccc3c(=O)o2)cc1. The molecule has 0 radical (unpaired) electrons. The van der Waals surface area contributed by atoms with Crippen molar-refractivity contribution in [1.29, 1.82) is 0 Å². The molecule has 0 bridgehead atoms. The summed E-state index contributed by atoms with van der Waals surface area (Å²) in [6.07, 6.45) is 0. The van der Waals surface area contributed by atoms with E-state index in [2.05, 4.69) is 16.0 Å². The normalized spacial score (nSPS) is 9.86. The van der Waals surface area contributed by atoms with Crippen molar-refractivity contribution in [1.82, 2.24) is 4.98 Å². The first kappa shape index (κ1) is 14.7. The molecular formula is C16H17N3O2. The fourth-order valence-electron chi connectivity index (χ4n) is 1.83. The van der Waals surface area contributed by atoms with Crippen molar-refractivity contribution in [2.45, 2.75) is 6.92 Å². The highest BCUT2D eigenvalue weighted by atomic mass is 16.4. The molecule has 3 N–H and O–H groups in total. The van der Waals surface area contributed by atoms with Crippen LogP contribution in [-0.4, -0.2) is 12.0 Å². The summed E-state index contributed by atoms with van der Waals surface area (Å²) in [4.78, 5) is 16.1. The number of rotatable bonds is 2. The van der Waals surface area contributed by atoms with Gasteiger partial charge in [-0.1, -0.05) is 29.8 Å². The van der Waals surface area contributed by atoms with E-state index < -0.39 is 0 Å². The third-order valence-electron chi connectivity index (χ3n) is 2.84. The van der Waals surface area contributed by atoms with E-state index in [1.165, 1.54) is 12.6 Å². The Labute approximate surface area is 122 Å². The number of hydrogen-bond donors (Lipinski definition) is 2. The van der Waals surface area contributed by atoms with Gasteiger partial charge in [-0.25, -0.2) is 4.79 Å². The summed E-state index contributed by atoms with van der Waals surface area (Å²) in [5.74, 6) is 0. The number of fused-ring (bicyclic) bond motifs is 1. The molecule has 0 saturated carbocycles. The van der Waals surface area contributed by atoms with Crippen LogP contribution < -0.4 is 16.7 Å². The first-order chi connectivity index (χ1) is 10.2. The number of aromatic nitrogens is 1. The van der Waals surface area contributed by atoms with E-state index in [-0.39, 0.29) is 11.6 Å². The van der Waals surface area contributed by atoms with Gasteiger partial charge in [-0.05, 0) is 38.2 Å². The molecule has 0 amide bonds. The maximum Gasteiger partial charge on any atom is 0.348 e. The van der Waals surface area contributed by atoms with Crippen molar-refractivity contribution in [3.05, 3.63) is 64.5 Å². The average Bonchev–Trinajstić information content (AvgIpc) is 2.52. The molecule has 108 valence electrons. The van der Waals surface area contributed by atoms with Crippen LogP contribution >= 0.6 is 0 Å². The summed E-state index contributed by atoms with van der Waals surface area (Å²) in [7, 11) is 1.50. The van der Waals surface area contributed by atoms with Gasteiger partial charge in [-0.2, -0.15) is 4.98 Å². The second kappa shape index (κ2) is 6.67. The Morgan fingerprint density at radius 1 is 1.05 bits per heavy atom. The van der Waals surface area contributed by atoms with Crippen LogP contribution in [0.3, 0.4) is 0 Å². The molecule has 3 aromatic rings. The van der Waals surface area contributed by atoms with Crippen molar-refractivity contribution in [2.24, 2.45) is 5.73 Å². The molecule has 0 fully saturated rings. The van der Waals surface area contributed by atoms with Crippen LogP contribution in [0.25, 0.3) is 10.9 Å². The molecule has 2 aromatic carbocycles. The lowest BCUT2D eigenvalue weighted by Gasteiger charge is -2.04. The third kappa shape index (κ3) is 3.46. The molecule has 0 atom stereocenters.